The largest absolute Gasteiger partial charge is 0.299 e. The van der Waals surface area contributed by atoms with Gasteiger partial charge < -0.3 is 0 Å². The molecule has 0 spiro atoms. The zero-order valence-electron chi connectivity index (χ0n) is 5.81. The van der Waals surface area contributed by atoms with E-state index in [1.807, 2.05) is 0 Å². The fraction of sp³-hybridized carbons (Fsp3) is 0.625. The van der Waals surface area contributed by atoms with Gasteiger partial charge in [0.05, 0.1) is 0 Å². The van der Waals surface area contributed by atoms with Gasteiger partial charge >= 0.3 is 0 Å². The zero-order chi connectivity index (χ0) is 6.85. The van der Waals surface area contributed by atoms with Gasteiger partial charge in [-0.1, -0.05) is 19.1 Å². The van der Waals surface area contributed by atoms with Crippen LogP contribution in [0.5, 0.6) is 0 Å². The van der Waals surface area contributed by atoms with E-state index in [-0.39, 0.29) is 0 Å². The van der Waals surface area contributed by atoms with Crippen LogP contribution in [0.3, 0.4) is 0 Å². The van der Waals surface area contributed by atoms with E-state index in [9.17, 15) is 4.79 Å². The lowest BCUT2D eigenvalue weighted by atomic mass is 9.87. The summed E-state index contributed by atoms with van der Waals surface area (Å²) >= 11 is 0. The van der Waals surface area contributed by atoms with Gasteiger partial charge in [-0.25, -0.2) is 0 Å². The third-order valence-electron chi connectivity index (χ3n) is 1.66. The molecule has 1 saturated carbocycles. The molecule has 0 aliphatic heterocycles. The summed E-state index contributed by atoms with van der Waals surface area (Å²) in [6, 6.07) is 0. The molecule has 1 rings (SSSR count). The zero-order valence-corrected chi connectivity index (χ0v) is 5.81. The van der Waals surface area contributed by atoms with Gasteiger partial charge in [-0.15, -0.1) is 0 Å². The number of carbonyl (C=O) groups is 1. The van der Waals surface area contributed by atoms with Crippen molar-refractivity contribution in [1.29, 1.82) is 0 Å². The molecular weight excluding hydrogens is 112 g/mol. The maximum Gasteiger partial charge on any atom is 0.137 e. The Balaban J connectivity index is 2.53. The molecule has 0 N–H and O–H groups in total. The van der Waals surface area contributed by atoms with Crippen molar-refractivity contribution >= 4 is 5.78 Å². The number of rotatable bonds is 0. The molecule has 1 aliphatic rings. The first kappa shape index (κ1) is 6.53. The minimum atomic E-state index is 0.360. The quantitative estimate of drug-likeness (QED) is 0.451. The summed E-state index contributed by atoms with van der Waals surface area (Å²) < 4.78 is 0. The smallest absolute Gasteiger partial charge is 0.137 e. The van der Waals surface area contributed by atoms with E-state index in [4.69, 9.17) is 0 Å². The summed E-state index contributed by atoms with van der Waals surface area (Å²) in [5.41, 5.74) is 1.11. The Hall–Kier alpha value is -0.590. The summed E-state index contributed by atoms with van der Waals surface area (Å²) in [4.78, 5) is 10.8. The third-order valence-corrected chi connectivity index (χ3v) is 1.66. The molecule has 0 amide bonds. The van der Waals surface area contributed by atoms with Crippen LogP contribution in [0.25, 0.3) is 0 Å². The molecule has 1 heteroatoms. The Kier molecular flexibility index (Phi) is 1.70. The number of hydrogen-bond donors (Lipinski definition) is 0. The van der Waals surface area contributed by atoms with Gasteiger partial charge in [-0.2, -0.15) is 0 Å². The van der Waals surface area contributed by atoms with E-state index in [0.717, 1.165) is 18.4 Å². The lowest BCUT2D eigenvalue weighted by Crippen LogP contribution is -2.13. The number of Topliss-reactive ketones (excluding diaryl/α,β-unsaturated/α-hetero) is 1. The molecule has 1 atom stereocenters. The minimum absolute atomic E-state index is 0.360. The van der Waals surface area contributed by atoms with Gasteiger partial charge in [-0.3, -0.25) is 4.79 Å². The van der Waals surface area contributed by atoms with E-state index < -0.39 is 0 Å². The van der Waals surface area contributed by atoms with E-state index in [2.05, 4.69) is 13.5 Å². The average Bonchev–Trinajstić information content (AvgIpc) is 1.59. The number of carbonyl (C=O) groups excluding carboxylic acids is 1. The summed E-state index contributed by atoms with van der Waals surface area (Å²) in [7, 11) is 0. The van der Waals surface area contributed by atoms with E-state index >= 15 is 0 Å². The van der Waals surface area contributed by atoms with Crippen LogP contribution in [0, 0.1) is 5.92 Å². The van der Waals surface area contributed by atoms with E-state index in [1.165, 1.54) is 0 Å². The van der Waals surface area contributed by atoms with Crippen LogP contribution in [0.1, 0.15) is 26.2 Å². The Morgan fingerprint density at radius 1 is 1.56 bits per heavy atom. The summed E-state index contributed by atoms with van der Waals surface area (Å²) in [5.74, 6) is 0.900. The number of allylic oxidation sites excluding steroid dienone is 1. The third kappa shape index (κ3) is 1.67. The molecule has 1 fully saturated rings. The van der Waals surface area contributed by atoms with Gasteiger partial charge in [-0.05, 0) is 12.3 Å². The highest BCUT2D eigenvalue weighted by atomic mass is 16.1. The van der Waals surface area contributed by atoms with Crippen LogP contribution in [-0.2, 0) is 4.79 Å². The average molecular weight is 124 g/mol. The van der Waals surface area contributed by atoms with Crippen LogP contribution in [0.15, 0.2) is 12.2 Å². The molecule has 0 aromatic heterocycles. The molecule has 1 nitrogen and oxygen atoms in total. The molecule has 0 bridgehead atoms. The standard InChI is InChI=1S/C8H12O/c1-6-3-7(2)5-8(9)4-6/h7H,1,3-5H2,2H3. The van der Waals surface area contributed by atoms with Crippen molar-refractivity contribution in [3.05, 3.63) is 12.2 Å². The Morgan fingerprint density at radius 3 is 2.67 bits per heavy atom. The highest BCUT2D eigenvalue weighted by Crippen LogP contribution is 2.23. The van der Waals surface area contributed by atoms with Crippen molar-refractivity contribution in [2.45, 2.75) is 26.2 Å². The fourth-order valence-corrected chi connectivity index (χ4v) is 1.38. The summed E-state index contributed by atoms with van der Waals surface area (Å²) in [6.07, 6.45) is 2.44. The van der Waals surface area contributed by atoms with E-state index in [0.29, 0.717) is 18.1 Å². The second kappa shape index (κ2) is 2.34. The van der Waals surface area contributed by atoms with Crippen molar-refractivity contribution in [1.82, 2.24) is 0 Å². The van der Waals surface area contributed by atoms with Gasteiger partial charge in [0.2, 0.25) is 0 Å². The van der Waals surface area contributed by atoms with Crippen LogP contribution in [0.4, 0.5) is 0 Å². The predicted octanol–water partition coefficient (Wildman–Crippen LogP) is 1.93. The van der Waals surface area contributed by atoms with Crippen molar-refractivity contribution < 1.29 is 4.79 Å². The molecule has 50 valence electrons. The first-order valence-corrected chi connectivity index (χ1v) is 3.37. The van der Waals surface area contributed by atoms with Crippen molar-refractivity contribution in [2.24, 2.45) is 5.92 Å². The summed E-state index contributed by atoms with van der Waals surface area (Å²) in [5, 5.41) is 0. The fourth-order valence-electron chi connectivity index (χ4n) is 1.38. The Labute approximate surface area is 55.8 Å². The van der Waals surface area contributed by atoms with Crippen LogP contribution in [0.2, 0.25) is 0 Å². The van der Waals surface area contributed by atoms with Crippen molar-refractivity contribution in [3.63, 3.8) is 0 Å². The number of ketones is 1. The van der Waals surface area contributed by atoms with Gasteiger partial charge in [0.25, 0.3) is 0 Å². The molecule has 0 radical (unpaired) electrons. The molecule has 0 aromatic carbocycles. The maximum atomic E-state index is 10.8. The minimum Gasteiger partial charge on any atom is -0.299 e. The monoisotopic (exact) mass is 124 g/mol. The highest BCUT2D eigenvalue weighted by molar-refractivity contribution is 5.82. The first-order valence-electron chi connectivity index (χ1n) is 3.37. The molecule has 0 aromatic rings. The second-order valence-electron chi connectivity index (χ2n) is 2.98. The molecule has 0 heterocycles. The summed E-state index contributed by atoms with van der Waals surface area (Å²) in [6.45, 7) is 5.89. The first-order chi connectivity index (χ1) is 4.18. The van der Waals surface area contributed by atoms with Gasteiger partial charge in [0.1, 0.15) is 5.78 Å². The normalized spacial score (nSPS) is 28.8. The van der Waals surface area contributed by atoms with Crippen LogP contribution in [-0.4, -0.2) is 5.78 Å². The molecule has 1 unspecified atom stereocenters. The lowest BCUT2D eigenvalue weighted by Gasteiger charge is -2.17. The van der Waals surface area contributed by atoms with Gasteiger partial charge in [0.15, 0.2) is 0 Å². The topological polar surface area (TPSA) is 17.1 Å². The lowest BCUT2D eigenvalue weighted by molar-refractivity contribution is -0.120. The van der Waals surface area contributed by atoms with Crippen LogP contribution < -0.4 is 0 Å². The number of hydrogen-bond acceptors (Lipinski definition) is 1. The predicted molar refractivity (Wildman–Crippen MR) is 37.2 cm³/mol. The van der Waals surface area contributed by atoms with Gasteiger partial charge in [0, 0.05) is 12.8 Å². The SMILES string of the molecule is C=C1CC(=O)CC(C)C1. The van der Waals surface area contributed by atoms with Crippen molar-refractivity contribution in [3.8, 4) is 0 Å². The highest BCUT2D eigenvalue weighted by Gasteiger charge is 2.17. The van der Waals surface area contributed by atoms with Crippen LogP contribution >= 0.6 is 0 Å². The molecular formula is C8H12O. The molecule has 9 heavy (non-hydrogen) atoms. The molecule has 0 saturated heterocycles. The Bertz CT molecular complexity index is 131. The molecule has 1 aliphatic carbocycles. The van der Waals surface area contributed by atoms with E-state index in [1.54, 1.807) is 0 Å². The maximum absolute atomic E-state index is 10.8. The second-order valence-corrected chi connectivity index (χ2v) is 2.98. The Morgan fingerprint density at radius 2 is 2.22 bits per heavy atom. The van der Waals surface area contributed by atoms with Crippen molar-refractivity contribution in [2.75, 3.05) is 0 Å².